The van der Waals surface area contributed by atoms with Gasteiger partial charge in [-0.05, 0) is 25.1 Å². The molecule has 6 nitrogen and oxygen atoms in total. The number of halogens is 1. The number of non-ortho nitro benzene ring substituents is 1. The van der Waals surface area contributed by atoms with E-state index >= 15 is 0 Å². The third-order valence-corrected chi connectivity index (χ3v) is 4.04. The van der Waals surface area contributed by atoms with Crippen molar-refractivity contribution in [2.24, 2.45) is 0 Å². The molecule has 0 bridgehead atoms. The maximum atomic E-state index is 10.8. The van der Waals surface area contributed by atoms with E-state index in [1.165, 1.54) is 12.1 Å². The van der Waals surface area contributed by atoms with Crippen molar-refractivity contribution in [1.29, 1.82) is 0 Å². The van der Waals surface area contributed by atoms with Crippen LogP contribution in [0.2, 0.25) is 5.15 Å². The van der Waals surface area contributed by atoms with Gasteiger partial charge in [-0.1, -0.05) is 35.9 Å². The van der Waals surface area contributed by atoms with Gasteiger partial charge >= 0.3 is 0 Å². The van der Waals surface area contributed by atoms with Gasteiger partial charge in [-0.2, -0.15) is 5.10 Å². The average Bonchev–Trinajstić information content (AvgIpc) is 2.88. The van der Waals surface area contributed by atoms with Crippen molar-refractivity contribution >= 4 is 23.0 Å². The monoisotopic (exact) mass is 342 g/mol. The van der Waals surface area contributed by atoms with Crippen molar-refractivity contribution in [3.8, 4) is 5.69 Å². The Morgan fingerprint density at radius 1 is 1.21 bits per heavy atom. The second-order valence-corrected chi connectivity index (χ2v) is 5.62. The lowest BCUT2D eigenvalue weighted by Gasteiger charge is -2.07. The molecule has 0 aliphatic rings. The summed E-state index contributed by atoms with van der Waals surface area (Å²) in [5, 5.41) is 19.0. The number of nitro groups is 1. The van der Waals surface area contributed by atoms with Gasteiger partial charge in [0.2, 0.25) is 0 Å². The molecule has 1 N–H and O–H groups in total. The number of nitro benzene ring substituents is 1. The van der Waals surface area contributed by atoms with Crippen LogP contribution in [0.1, 0.15) is 11.3 Å². The second kappa shape index (κ2) is 6.72. The number of nitrogens with zero attached hydrogens (tertiary/aromatic N) is 3. The van der Waals surface area contributed by atoms with Crippen molar-refractivity contribution in [2.75, 3.05) is 5.32 Å². The van der Waals surface area contributed by atoms with Gasteiger partial charge < -0.3 is 5.32 Å². The number of hydrogen-bond donors (Lipinski definition) is 1. The SMILES string of the molecule is Cc1nn(-c2ccccc2)c(Cl)c1CNc1cccc([N+](=O)[O-])c1. The molecule has 0 spiro atoms. The highest BCUT2D eigenvalue weighted by Gasteiger charge is 2.14. The highest BCUT2D eigenvalue weighted by Crippen LogP contribution is 2.25. The van der Waals surface area contributed by atoms with Gasteiger partial charge in [-0.25, -0.2) is 4.68 Å². The minimum absolute atomic E-state index is 0.0443. The van der Waals surface area contributed by atoms with Gasteiger partial charge in [0, 0.05) is 29.9 Å². The van der Waals surface area contributed by atoms with Gasteiger partial charge in [0.1, 0.15) is 5.15 Å². The first-order chi connectivity index (χ1) is 11.6. The van der Waals surface area contributed by atoms with Gasteiger partial charge in [-0.15, -0.1) is 0 Å². The fourth-order valence-electron chi connectivity index (χ4n) is 2.39. The van der Waals surface area contributed by atoms with Crippen LogP contribution < -0.4 is 5.32 Å². The number of para-hydroxylation sites is 1. The molecule has 0 aliphatic carbocycles. The molecule has 1 heterocycles. The molecule has 7 heteroatoms. The van der Waals surface area contributed by atoms with Crippen LogP contribution in [-0.4, -0.2) is 14.7 Å². The molecule has 3 rings (SSSR count). The van der Waals surface area contributed by atoms with Crippen molar-refractivity contribution in [1.82, 2.24) is 9.78 Å². The molecule has 0 atom stereocenters. The van der Waals surface area contributed by atoms with Crippen LogP contribution in [0.15, 0.2) is 54.6 Å². The molecule has 0 saturated heterocycles. The molecule has 2 aromatic carbocycles. The van der Waals surface area contributed by atoms with Gasteiger partial charge in [0.15, 0.2) is 0 Å². The first kappa shape index (κ1) is 16.0. The average molecular weight is 343 g/mol. The molecule has 1 aromatic heterocycles. The van der Waals surface area contributed by atoms with E-state index in [9.17, 15) is 10.1 Å². The smallest absolute Gasteiger partial charge is 0.271 e. The molecule has 24 heavy (non-hydrogen) atoms. The van der Waals surface area contributed by atoms with E-state index in [1.807, 2.05) is 37.3 Å². The van der Waals surface area contributed by atoms with Crippen molar-refractivity contribution in [3.05, 3.63) is 81.1 Å². The van der Waals surface area contributed by atoms with Gasteiger partial charge in [0.25, 0.3) is 5.69 Å². The molecule has 0 saturated carbocycles. The number of anilines is 1. The highest BCUT2D eigenvalue weighted by molar-refractivity contribution is 6.30. The van der Waals surface area contributed by atoms with Crippen molar-refractivity contribution in [2.45, 2.75) is 13.5 Å². The topological polar surface area (TPSA) is 73.0 Å². The van der Waals surface area contributed by atoms with Crippen LogP contribution in [0.4, 0.5) is 11.4 Å². The zero-order chi connectivity index (χ0) is 17.1. The first-order valence-electron chi connectivity index (χ1n) is 7.34. The number of nitrogens with one attached hydrogen (secondary N) is 1. The number of hydrogen-bond acceptors (Lipinski definition) is 4. The summed E-state index contributed by atoms with van der Waals surface area (Å²) in [6, 6.07) is 16.0. The summed E-state index contributed by atoms with van der Waals surface area (Å²) < 4.78 is 1.68. The Morgan fingerprint density at radius 2 is 1.96 bits per heavy atom. The van der Waals surface area contributed by atoms with Crippen LogP contribution in [0, 0.1) is 17.0 Å². The van der Waals surface area contributed by atoms with Crippen molar-refractivity contribution < 1.29 is 4.92 Å². The lowest BCUT2D eigenvalue weighted by Crippen LogP contribution is -2.01. The summed E-state index contributed by atoms with van der Waals surface area (Å²) in [5.41, 5.74) is 3.25. The maximum absolute atomic E-state index is 10.8. The van der Waals surface area contributed by atoms with Crippen LogP contribution in [0.5, 0.6) is 0 Å². The molecule has 0 fully saturated rings. The minimum atomic E-state index is -0.420. The molecule has 0 unspecified atom stereocenters. The molecule has 0 amide bonds. The largest absolute Gasteiger partial charge is 0.381 e. The third kappa shape index (κ3) is 3.23. The highest BCUT2D eigenvalue weighted by atomic mass is 35.5. The maximum Gasteiger partial charge on any atom is 0.271 e. The van der Waals surface area contributed by atoms with E-state index in [-0.39, 0.29) is 5.69 Å². The van der Waals surface area contributed by atoms with Crippen LogP contribution in [-0.2, 0) is 6.54 Å². The Hall–Kier alpha value is -2.86. The number of aromatic nitrogens is 2. The molecule has 0 radical (unpaired) electrons. The zero-order valence-corrected chi connectivity index (χ0v) is 13.7. The Morgan fingerprint density at radius 3 is 2.67 bits per heavy atom. The summed E-state index contributed by atoms with van der Waals surface area (Å²) >= 11 is 6.46. The van der Waals surface area contributed by atoms with Crippen LogP contribution in [0.25, 0.3) is 5.69 Å². The van der Waals surface area contributed by atoms with E-state index < -0.39 is 4.92 Å². The second-order valence-electron chi connectivity index (χ2n) is 5.26. The number of aryl methyl sites for hydroxylation is 1. The van der Waals surface area contributed by atoms with E-state index in [4.69, 9.17) is 11.6 Å². The third-order valence-electron chi connectivity index (χ3n) is 3.65. The Balaban J connectivity index is 1.83. The van der Waals surface area contributed by atoms with E-state index in [0.717, 1.165) is 16.9 Å². The standard InChI is InChI=1S/C17H15ClN4O2/c1-12-16(11-19-13-6-5-9-15(10-13)22(23)24)17(18)21(20-12)14-7-3-2-4-8-14/h2-10,19H,11H2,1H3. The first-order valence-corrected chi connectivity index (χ1v) is 7.72. The normalized spacial score (nSPS) is 10.6. The molecular weight excluding hydrogens is 328 g/mol. The summed E-state index contributed by atoms with van der Waals surface area (Å²) in [6.45, 7) is 2.31. The lowest BCUT2D eigenvalue weighted by atomic mass is 10.2. The lowest BCUT2D eigenvalue weighted by molar-refractivity contribution is -0.384. The molecule has 122 valence electrons. The van der Waals surface area contributed by atoms with Gasteiger partial charge in [0.05, 0.1) is 16.3 Å². The number of benzene rings is 2. The van der Waals surface area contributed by atoms with E-state index in [0.29, 0.717) is 17.4 Å². The molecule has 3 aromatic rings. The predicted octanol–water partition coefficient (Wildman–Crippen LogP) is 4.35. The van der Waals surface area contributed by atoms with E-state index in [2.05, 4.69) is 10.4 Å². The van der Waals surface area contributed by atoms with Crippen molar-refractivity contribution in [3.63, 3.8) is 0 Å². The Bertz CT molecular complexity index is 878. The number of rotatable bonds is 5. The van der Waals surface area contributed by atoms with E-state index in [1.54, 1.807) is 16.8 Å². The summed E-state index contributed by atoms with van der Waals surface area (Å²) in [5.74, 6) is 0. The predicted molar refractivity (Wildman–Crippen MR) is 93.7 cm³/mol. The quantitative estimate of drug-likeness (QED) is 0.552. The Kier molecular flexibility index (Phi) is 4.48. The summed E-state index contributed by atoms with van der Waals surface area (Å²) in [4.78, 5) is 10.4. The molecule has 0 aliphatic heterocycles. The van der Waals surface area contributed by atoms with Crippen LogP contribution >= 0.6 is 11.6 Å². The summed E-state index contributed by atoms with van der Waals surface area (Å²) in [6.07, 6.45) is 0. The Labute approximate surface area is 143 Å². The van der Waals surface area contributed by atoms with Gasteiger partial charge in [-0.3, -0.25) is 10.1 Å². The van der Waals surface area contributed by atoms with Crippen LogP contribution in [0.3, 0.4) is 0 Å². The fraction of sp³-hybridized carbons (Fsp3) is 0.118. The minimum Gasteiger partial charge on any atom is -0.381 e. The fourth-order valence-corrected chi connectivity index (χ4v) is 2.73. The summed E-state index contributed by atoms with van der Waals surface area (Å²) in [7, 11) is 0. The zero-order valence-electron chi connectivity index (χ0n) is 12.9. The molecular formula is C17H15ClN4O2.